The number of halogens is 1. The molecule has 0 radical (unpaired) electrons. The predicted molar refractivity (Wildman–Crippen MR) is 69.0 cm³/mol. The molecule has 1 aromatic heterocycles. The molecule has 3 rings (SSSR count). The Kier molecular flexibility index (Phi) is 3.29. The van der Waals surface area contributed by atoms with Gasteiger partial charge in [0.15, 0.2) is 0 Å². The number of aryl methyl sites for hydroxylation is 1. The molecule has 1 aliphatic heterocycles. The highest BCUT2D eigenvalue weighted by molar-refractivity contribution is 5.59. The van der Waals surface area contributed by atoms with E-state index in [9.17, 15) is 4.39 Å². The number of hydrogen-bond acceptors (Lipinski definition) is 4. The van der Waals surface area contributed by atoms with Crippen LogP contribution in [0.15, 0.2) is 22.7 Å². The van der Waals surface area contributed by atoms with Crippen LogP contribution < -0.4 is 5.32 Å². The summed E-state index contributed by atoms with van der Waals surface area (Å²) >= 11 is 0. The summed E-state index contributed by atoms with van der Waals surface area (Å²) in [7, 11) is 0. The van der Waals surface area contributed by atoms with Crippen molar-refractivity contribution in [2.24, 2.45) is 0 Å². The maximum absolute atomic E-state index is 13.3. The number of benzene rings is 1. The molecule has 1 N–H and O–H groups in total. The van der Waals surface area contributed by atoms with E-state index in [-0.39, 0.29) is 11.9 Å². The van der Waals surface area contributed by atoms with Crippen LogP contribution in [0.3, 0.4) is 0 Å². The Labute approximate surface area is 111 Å². The fraction of sp³-hybridized carbons (Fsp3) is 0.429. The number of hydrogen-bond donors (Lipinski definition) is 1. The summed E-state index contributed by atoms with van der Waals surface area (Å²) in [5, 5.41) is 7.33. The molecular weight excluding hydrogens is 245 g/mol. The molecule has 1 atom stereocenters. The van der Waals surface area contributed by atoms with E-state index >= 15 is 0 Å². The topological polar surface area (TPSA) is 51.0 Å². The van der Waals surface area contributed by atoms with Crippen molar-refractivity contribution in [3.05, 3.63) is 35.5 Å². The summed E-state index contributed by atoms with van der Waals surface area (Å²) in [6.45, 7) is 2.88. The van der Waals surface area contributed by atoms with Gasteiger partial charge in [0.2, 0.25) is 11.7 Å². The quantitative estimate of drug-likeness (QED) is 0.902. The molecule has 0 unspecified atom stereocenters. The Morgan fingerprint density at radius 3 is 3.05 bits per heavy atom. The van der Waals surface area contributed by atoms with Gasteiger partial charge in [-0.1, -0.05) is 17.6 Å². The molecule has 5 heteroatoms. The molecule has 19 heavy (non-hydrogen) atoms. The average molecular weight is 261 g/mol. The highest BCUT2D eigenvalue weighted by atomic mass is 19.1. The molecule has 100 valence electrons. The Morgan fingerprint density at radius 1 is 1.37 bits per heavy atom. The minimum absolute atomic E-state index is 0.129. The van der Waals surface area contributed by atoms with Crippen LogP contribution in [0.1, 0.15) is 36.8 Å². The molecule has 0 saturated carbocycles. The second-order valence-electron chi connectivity index (χ2n) is 4.92. The Morgan fingerprint density at radius 2 is 2.26 bits per heavy atom. The largest absolute Gasteiger partial charge is 0.337 e. The summed E-state index contributed by atoms with van der Waals surface area (Å²) in [5.41, 5.74) is 1.62. The summed E-state index contributed by atoms with van der Waals surface area (Å²) in [6.07, 6.45) is 3.35. The van der Waals surface area contributed by atoms with Gasteiger partial charge in [-0.25, -0.2) is 4.39 Å². The lowest BCUT2D eigenvalue weighted by Gasteiger charge is -2.19. The highest BCUT2D eigenvalue weighted by Crippen LogP contribution is 2.26. The molecule has 1 aliphatic rings. The standard InChI is InChI=1S/C14H16FN3O/c1-9-5-6-10(15)8-11(9)13-17-14(19-18-13)12-4-2-3-7-16-12/h5-6,8,12,16H,2-4,7H2,1H3/t12-/m0/s1. The molecule has 1 aromatic carbocycles. The van der Waals surface area contributed by atoms with Crippen molar-refractivity contribution >= 4 is 0 Å². The van der Waals surface area contributed by atoms with E-state index in [1.165, 1.54) is 18.6 Å². The Hall–Kier alpha value is -1.75. The smallest absolute Gasteiger partial charge is 0.244 e. The van der Waals surface area contributed by atoms with Crippen LogP contribution in [-0.4, -0.2) is 16.7 Å². The molecule has 0 amide bonds. The van der Waals surface area contributed by atoms with Crippen molar-refractivity contribution < 1.29 is 8.91 Å². The van der Waals surface area contributed by atoms with E-state index in [1.54, 1.807) is 6.07 Å². The van der Waals surface area contributed by atoms with Gasteiger partial charge in [0.05, 0.1) is 6.04 Å². The van der Waals surface area contributed by atoms with Crippen molar-refractivity contribution in [1.82, 2.24) is 15.5 Å². The van der Waals surface area contributed by atoms with Gasteiger partial charge in [-0.15, -0.1) is 0 Å². The third-order valence-corrected chi connectivity index (χ3v) is 3.49. The zero-order valence-electron chi connectivity index (χ0n) is 10.8. The van der Waals surface area contributed by atoms with Gasteiger partial charge >= 0.3 is 0 Å². The van der Waals surface area contributed by atoms with E-state index in [1.807, 2.05) is 6.92 Å². The summed E-state index contributed by atoms with van der Waals surface area (Å²) in [4.78, 5) is 4.40. The monoisotopic (exact) mass is 261 g/mol. The first-order chi connectivity index (χ1) is 9.24. The zero-order chi connectivity index (χ0) is 13.2. The van der Waals surface area contributed by atoms with Crippen LogP contribution in [0, 0.1) is 12.7 Å². The van der Waals surface area contributed by atoms with Gasteiger partial charge in [0, 0.05) is 5.56 Å². The van der Waals surface area contributed by atoms with Crippen molar-refractivity contribution in [1.29, 1.82) is 0 Å². The predicted octanol–water partition coefficient (Wildman–Crippen LogP) is 3.00. The van der Waals surface area contributed by atoms with E-state index in [0.29, 0.717) is 17.3 Å². The van der Waals surface area contributed by atoms with Crippen LogP contribution in [0.5, 0.6) is 0 Å². The molecule has 2 aromatic rings. The van der Waals surface area contributed by atoms with Gasteiger partial charge < -0.3 is 9.84 Å². The number of nitrogens with one attached hydrogen (secondary N) is 1. The average Bonchev–Trinajstić information content (AvgIpc) is 2.92. The van der Waals surface area contributed by atoms with Crippen molar-refractivity contribution in [2.45, 2.75) is 32.2 Å². The molecule has 1 saturated heterocycles. The normalized spacial score (nSPS) is 19.6. The fourth-order valence-corrected chi connectivity index (χ4v) is 2.38. The van der Waals surface area contributed by atoms with Gasteiger partial charge in [-0.05, 0) is 44.0 Å². The molecule has 0 aliphatic carbocycles. The van der Waals surface area contributed by atoms with Crippen LogP contribution in [-0.2, 0) is 0 Å². The first-order valence-corrected chi connectivity index (χ1v) is 6.57. The Bertz CT molecular complexity index is 576. The minimum atomic E-state index is -0.289. The van der Waals surface area contributed by atoms with Crippen LogP contribution in [0.2, 0.25) is 0 Å². The van der Waals surface area contributed by atoms with Crippen LogP contribution in [0.25, 0.3) is 11.4 Å². The fourth-order valence-electron chi connectivity index (χ4n) is 2.38. The third-order valence-electron chi connectivity index (χ3n) is 3.49. The number of piperidine rings is 1. The lowest BCUT2D eigenvalue weighted by Crippen LogP contribution is -2.26. The summed E-state index contributed by atoms with van der Waals surface area (Å²) in [6, 6.07) is 4.73. The first kappa shape index (κ1) is 12.3. The van der Waals surface area contributed by atoms with E-state index in [2.05, 4.69) is 15.5 Å². The van der Waals surface area contributed by atoms with Crippen LogP contribution in [0.4, 0.5) is 4.39 Å². The van der Waals surface area contributed by atoms with Crippen molar-refractivity contribution in [3.63, 3.8) is 0 Å². The molecule has 0 spiro atoms. The lowest BCUT2D eigenvalue weighted by molar-refractivity contribution is 0.297. The first-order valence-electron chi connectivity index (χ1n) is 6.57. The van der Waals surface area contributed by atoms with Crippen molar-refractivity contribution in [2.75, 3.05) is 6.54 Å². The maximum atomic E-state index is 13.3. The van der Waals surface area contributed by atoms with Gasteiger partial charge in [0.25, 0.3) is 0 Å². The summed E-state index contributed by atoms with van der Waals surface area (Å²) in [5.74, 6) is 0.764. The highest BCUT2D eigenvalue weighted by Gasteiger charge is 2.21. The van der Waals surface area contributed by atoms with Gasteiger partial charge in [-0.2, -0.15) is 4.98 Å². The van der Waals surface area contributed by atoms with E-state index in [0.717, 1.165) is 24.9 Å². The maximum Gasteiger partial charge on any atom is 0.244 e. The second kappa shape index (κ2) is 5.09. The van der Waals surface area contributed by atoms with Gasteiger partial charge in [-0.3, -0.25) is 0 Å². The second-order valence-corrected chi connectivity index (χ2v) is 4.92. The van der Waals surface area contributed by atoms with Crippen molar-refractivity contribution in [3.8, 4) is 11.4 Å². The third kappa shape index (κ3) is 2.51. The van der Waals surface area contributed by atoms with E-state index in [4.69, 9.17) is 4.52 Å². The molecule has 0 bridgehead atoms. The zero-order valence-corrected chi connectivity index (χ0v) is 10.8. The SMILES string of the molecule is Cc1ccc(F)cc1-c1noc([C@@H]2CCCCN2)n1. The number of rotatable bonds is 2. The number of nitrogens with zero attached hydrogens (tertiary/aromatic N) is 2. The summed E-state index contributed by atoms with van der Waals surface area (Å²) < 4.78 is 18.6. The van der Waals surface area contributed by atoms with Crippen LogP contribution >= 0.6 is 0 Å². The molecule has 4 nitrogen and oxygen atoms in total. The van der Waals surface area contributed by atoms with E-state index < -0.39 is 0 Å². The molecule has 1 fully saturated rings. The molecule has 2 heterocycles. The molecular formula is C14H16FN3O. The minimum Gasteiger partial charge on any atom is -0.337 e. The Balaban J connectivity index is 1.89. The lowest BCUT2D eigenvalue weighted by atomic mass is 10.1. The van der Waals surface area contributed by atoms with Gasteiger partial charge in [0.1, 0.15) is 5.82 Å². The number of aromatic nitrogens is 2.